The third-order valence-electron chi connectivity index (χ3n) is 2.21. The molecule has 0 aliphatic rings. The molecule has 4 nitrogen and oxygen atoms in total. The molecule has 2 aromatic rings. The zero-order valence-electron chi connectivity index (χ0n) is 9.42. The maximum Gasteiger partial charge on any atom is 0.216 e. The molecule has 1 aromatic carbocycles. The van der Waals surface area contributed by atoms with Crippen molar-refractivity contribution in [2.24, 2.45) is 0 Å². The standard InChI is InChI=1S/C13H11N3O/c1-2-17-12-7-8-15-13(16-12)11-6-4-3-5-10(11)9-14/h3-8H,2H2,1H3. The molecule has 17 heavy (non-hydrogen) atoms. The molecular formula is C13H11N3O. The van der Waals surface area contributed by atoms with Crippen LogP contribution in [-0.4, -0.2) is 16.6 Å². The van der Waals surface area contributed by atoms with E-state index in [0.29, 0.717) is 23.9 Å². The lowest BCUT2D eigenvalue weighted by Crippen LogP contribution is -1.97. The minimum absolute atomic E-state index is 0.508. The van der Waals surface area contributed by atoms with Crippen molar-refractivity contribution < 1.29 is 4.74 Å². The molecule has 0 saturated heterocycles. The average Bonchev–Trinajstić information content (AvgIpc) is 2.39. The second kappa shape index (κ2) is 5.08. The first kappa shape index (κ1) is 11.1. The maximum atomic E-state index is 9.02. The summed E-state index contributed by atoms with van der Waals surface area (Å²) in [5.41, 5.74) is 1.28. The van der Waals surface area contributed by atoms with Gasteiger partial charge >= 0.3 is 0 Å². The molecule has 0 N–H and O–H groups in total. The summed E-state index contributed by atoms with van der Waals surface area (Å²) in [4.78, 5) is 8.42. The summed E-state index contributed by atoms with van der Waals surface area (Å²) < 4.78 is 5.31. The van der Waals surface area contributed by atoms with Gasteiger partial charge in [0.1, 0.15) is 0 Å². The van der Waals surface area contributed by atoms with Gasteiger partial charge in [-0.15, -0.1) is 0 Å². The predicted molar refractivity (Wildman–Crippen MR) is 63.4 cm³/mol. The van der Waals surface area contributed by atoms with Gasteiger partial charge in [0, 0.05) is 17.8 Å². The zero-order valence-corrected chi connectivity index (χ0v) is 9.42. The summed E-state index contributed by atoms with van der Waals surface area (Å²) in [7, 11) is 0. The molecule has 0 spiro atoms. The van der Waals surface area contributed by atoms with Gasteiger partial charge in [-0.3, -0.25) is 0 Å². The fourth-order valence-electron chi connectivity index (χ4n) is 1.48. The highest BCUT2D eigenvalue weighted by molar-refractivity contribution is 5.64. The van der Waals surface area contributed by atoms with Gasteiger partial charge in [-0.25, -0.2) is 4.98 Å². The summed E-state index contributed by atoms with van der Waals surface area (Å²) in [5.74, 6) is 1.03. The van der Waals surface area contributed by atoms with Crippen molar-refractivity contribution in [3.63, 3.8) is 0 Å². The largest absolute Gasteiger partial charge is 0.478 e. The fraction of sp³-hybridized carbons (Fsp3) is 0.154. The first-order valence-electron chi connectivity index (χ1n) is 5.30. The van der Waals surface area contributed by atoms with Crippen molar-refractivity contribution in [3.05, 3.63) is 42.1 Å². The van der Waals surface area contributed by atoms with E-state index in [0.717, 1.165) is 5.56 Å². The van der Waals surface area contributed by atoms with E-state index in [1.54, 1.807) is 18.3 Å². The maximum absolute atomic E-state index is 9.02. The molecule has 0 aliphatic carbocycles. The van der Waals surface area contributed by atoms with E-state index in [-0.39, 0.29) is 0 Å². The Morgan fingerprint density at radius 1 is 1.29 bits per heavy atom. The first-order valence-corrected chi connectivity index (χ1v) is 5.30. The minimum atomic E-state index is 0.508. The molecular weight excluding hydrogens is 214 g/mol. The monoisotopic (exact) mass is 225 g/mol. The Morgan fingerprint density at radius 2 is 2.12 bits per heavy atom. The smallest absolute Gasteiger partial charge is 0.216 e. The highest BCUT2D eigenvalue weighted by Crippen LogP contribution is 2.20. The van der Waals surface area contributed by atoms with E-state index in [1.807, 2.05) is 25.1 Å². The second-order valence-corrected chi connectivity index (χ2v) is 3.31. The molecule has 0 bridgehead atoms. The minimum Gasteiger partial charge on any atom is -0.478 e. The molecule has 84 valence electrons. The van der Waals surface area contributed by atoms with Gasteiger partial charge in [0.15, 0.2) is 5.82 Å². The predicted octanol–water partition coefficient (Wildman–Crippen LogP) is 2.41. The number of nitriles is 1. The summed E-state index contributed by atoms with van der Waals surface area (Å²) in [6.07, 6.45) is 1.63. The van der Waals surface area contributed by atoms with Gasteiger partial charge in [0.05, 0.1) is 18.2 Å². The Kier molecular flexibility index (Phi) is 3.31. The topological polar surface area (TPSA) is 58.8 Å². The van der Waals surface area contributed by atoms with Crippen LogP contribution in [0.15, 0.2) is 36.5 Å². The third kappa shape index (κ3) is 2.40. The Morgan fingerprint density at radius 3 is 2.88 bits per heavy atom. The molecule has 0 fully saturated rings. The number of benzene rings is 1. The van der Waals surface area contributed by atoms with Crippen molar-refractivity contribution >= 4 is 0 Å². The zero-order chi connectivity index (χ0) is 12.1. The van der Waals surface area contributed by atoms with Crippen LogP contribution in [0.3, 0.4) is 0 Å². The van der Waals surface area contributed by atoms with Crippen molar-refractivity contribution in [2.75, 3.05) is 6.61 Å². The van der Waals surface area contributed by atoms with Gasteiger partial charge in [-0.05, 0) is 19.1 Å². The van der Waals surface area contributed by atoms with Crippen LogP contribution in [0.5, 0.6) is 5.88 Å². The van der Waals surface area contributed by atoms with Crippen LogP contribution >= 0.6 is 0 Å². The fourth-order valence-corrected chi connectivity index (χ4v) is 1.48. The van der Waals surface area contributed by atoms with Crippen LogP contribution in [0.25, 0.3) is 11.4 Å². The van der Waals surface area contributed by atoms with Crippen LogP contribution in [0.2, 0.25) is 0 Å². The Labute approximate surface area is 99.5 Å². The second-order valence-electron chi connectivity index (χ2n) is 3.31. The molecule has 0 aliphatic heterocycles. The van der Waals surface area contributed by atoms with E-state index in [1.165, 1.54) is 0 Å². The van der Waals surface area contributed by atoms with E-state index in [2.05, 4.69) is 16.0 Å². The summed E-state index contributed by atoms with van der Waals surface area (Å²) in [5, 5.41) is 9.02. The van der Waals surface area contributed by atoms with E-state index >= 15 is 0 Å². The van der Waals surface area contributed by atoms with Crippen molar-refractivity contribution in [1.29, 1.82) is 5.26 Å². The summed E-state index contributed by atoms with van der Waals surface area (Å²) >= 11 is 0. The van der Waals surface area contributed by atoms with Crippen molar-refractivity contribution in [3.8, 4) is 23.3 Å². The lowest BCUT2D eigenvalue weighted by Gasteiger charge is -2.05. The van der Waals surface area contributed by atoms with Gasteiger partial charge in [-0.1, -0.05) is 12.1 Å². The van der Waals surface area contributed by atoms with E-state index in [9.17, 15) is 0 Å². The number of hydrogen-bond donors (Lipinski definition) is 0. The number of rotatable bonds is 3. The molecule has 1 heterocycles. The molecule has 1 aromatic heterocycles. The molecule has 0 unspecified atom stereocenters. The molecule has 2 rings (SSSR count). The van der Waals surface area contributed by atoms with Crippen LogP contribution in [0, 0.1) is 11.3 Å². The Hall–Kier alpha value is -2.41. The van der Waals surface area contributed by atoms with Gasteiger partial charge in [-0.2, -0.15) is 10.2 Å². The lowest BCUT2D eigenvalue weighted by molar-refractivity contribution is 0.326. The Bertz CT molecular complexity index is 561. The lowest BCUT2D eigenvalue weighted by atomic mass is 10.1. The van der Waals surface area contributed by atoms with Crippen LogP contribution in [-0.2, 0) is 0 Å². The van der Waals surface area contributed by atoms with Crippen LogP contribution in [0.1, 0.15) is 12.5 Å². The quantitative estimate of drug-likeness (QED) is 0.804. The third-order valence-corrected chi connectivity index (χ3v) is 2.21. The van der Waals surface area contributed by atoms with Gasteiger partial charge < -0.3 is 4.74 Å². The SMILES string of the molecule is CCOc1ccnc(-c2ccccc2C#N)n1. The first-order chi connectivity index (χ1) is 8.35. The molecule has 0 amide bonds. The van der Waals surface area contributed by atoms with Crippen LogP contribution in [0.4, 0.5) is 0 Å². The van der Waals surface area contributed by atoms with Gasteiger partial charge in [0.25, 0.3) is 0 Å². The van der Waals surface area contributed by atoms with Crippen LogP contribution < -0.4 is 4.74 Å². The number of ether oxygens (including phenoxy) is 1. The normalized spacial score (nSPS) is 9.65. The highest BCUT2D eigenvalue weighted by Gasteiger charge is 2.07. The van der Waals surface area contributed by atoms with Crippen molar-refractivity contribution in [1.82, 2.24) is 9.97 Å². The highest BCUT2D eigenvalue weighted by atomic mass is 16.5. The Balaban J connectivity index is 2.46. The number of nitrogens with zero attached hydrogens (tertiary/aromatic N) is 3. The van der Waals surface area contributed by atoms with Crippen molar-refractivity contribution in [2.45, 2.75) is 6.92 Å². The summed E-state index contributed by atoms with van der Waals surface area (Å²) in [6, 6.07) is 11.1. The molecule has 0 radical (unpaired) electrons. The van der Waals surface area contributed by atoms with E-state index in [4.69, 9.17) is 10.00 Å². The number of aromatic nitrogens is 2. The van der Waals surface area contributed by atoms with E-state index < -0.39 is 0 Å². The molecule has 0 atom stereocenters. The average molecular weight is 225 g/mol. The molecule has 0 saturated carbocycles. The van der Waals surface area contributed by atoms with Gasteiger partial charge in [0.2, 0.25) is 5.88 Å². The molecule has 4 heteroatoms. The summed E-state index contributed by atoms with van der Waals surface area (Å²) in [6.45, 7) is 2.45. The number of hydrogen-bond acceptors (Lipinski definition) is 4.